The van der Waals surface area contributed by atoms with Crippen LogP contribution in [0.1, 0.15) is 31.2 Å². The predicted octanol–water partition coefficient (Wildman–Crippen LogP) is 1.94. The number of rotatable bonds is 8. The number of amides is 2. The van der Waals surface area contributed by atoms with E-state index in [-0.39, 0.29) is 18.6 Å². The first kappa shape index (κ1) is 18.8. The Labute approximate surface area is 147 Å². The quantitative estimate of drug-likeness (QED) is 0.629. The Hall–Kier alpha value is -2.52. The van der Waals surface area contributed by atoms with E-state index in [1.807, 2.05) is 30.3 Å². The van der Waals surface area contributed by atoms with Gasteiger partial charge < -0.3 is 20.5 Å². The van der Waals surface area contributed by atoms with Crippen molar-refractivity contribution in [3.8, 4) is 12.3 Å². The molecule has 6 nitrogen and oxygen atoms in total. The maximum atomic E-state index is 12.3. The first-order valence-corrected chi connectivity index (χ1v) is 8.49. The number of urea groups is 1. The van der Waals surface area contributed by atoms with Gasteiger partial charge in [0.2, 0.25) is 0 Å². The number of hydrogen-bond donors (Lipinski definition) is 3. The third kappa shape index (κ3) is 6.48. The molecule has 0 aliphatic carbocycles. The molecule has 0 radical (unpaired) electrons. The molecule has 2 rings (SSSR count). The molecule has 1 saturated heterocycles. The number of carboxylic acids is 1. The second kappa shape index (κ2) is 9.70. The van der Waals surface area contributed by atoms with Gasteiger partial charge in [0.25, 0.3) is 0 Å². The number of carbonyl (C=O) groups excluding carboxylic acids is 1. The SMILES string of the molecule is C#CC(NC(=O)NC(CCC(=O)O)Cc1ccccc1)C1CCCO1. The number of carbonyl (C=O) groups is 2. The summed E-state index contributed by atoms with van der Waals surface area (Å²) in [6.45, 7) is 0.654. The van der Waals surface area contributed by atoms with Gasteiger partial charge in [0.15, 0.2) is 0 Å². The fourth-order valence-corrected chi connectivity index (χ4v) is 2.90. The normalized spacial score (nSPS) is 18.8. The molecule has 1 aliphatic rings. The number of aliphatic carboxylic acids is 1. The average molecular weight is 344 g/mol. The molecule has 0 spiro atoms. The summed E-state index contributed by atoms with van der Waals surface area (Å²) in [6, 6.07) is 8.46. The minimum absolute atomic E-state index is 0.0118. The van der Waals surface area contributed by atoms with E-state index in [2.05, 4.69) is 16.6 Å². The van der Waals surface area contributed by atoms with Crippen molar-refractivity contribution in [2.45, 2.75) is 50.3 Å². The van der Waals surface area contributed by atoms with Gasteiger partial charge >= 0.3 is 12.0 Å². The maximum Gasteiger partial charge on any atom is 0.316 e. The highest BCUT2D eigenvalue weighted by Crippen LogP contribution is 2.15. The topological polar surface area (TPSA) is 87.7 Å². The van der Waals surface area contributed by atoms with E-state index in [9.17, 15) is 9.59 Å². The van der Waals surface area contributed by atoms with Crippen molar-refractivity contribution < 1.29 is 19.4 Å². The highest BCUT2D eigenvalue weighted by molar-refractivity contribution is 5.75. The van der Waals surface area contributed by atoms with Crippen LogP contribution in [0.15, 0.2) is 30.3 Å². The van der Waals surface area contributed by atoms with E-state index >= 15 is 0 Å². The van der Waals surface area contributed by atoms with E-state index in [1.54, 1.807) is 0 Å². The lowest BCUT2D eigenvalue weighted by atomic mass is 10.0. The lowest BCUT2D eigenvalue weighted by Gasteiger charge is -2.23. The molecule has 6 heteroatoms. The van der Waals surface area contributed by atoms with Crippen molar-refractivity contribution >= 4 is 12.0 Å². The van der Waals surface area contributed by atoms with Gasteiger partial charge in [0.1, 0.15) is 6.04 Å². The number of hydrogen-bond acceptors (Lipinski definition) is 3. The van der Waals surface area contributed by atoms with Crippen LogP contribution in [-0.2, 0) is 16.0 Å². The van der Waals surface area contributed by atoms with Crippen molar-refractivity contribution in [1.29, 1.82) is 0 Å². The van der Waals surface area contributed by atoms with Crippen LogP contribution in [0.4, 0.5) is 4.79 Å². The number of terminal acetylenes is 1. The number of benzene rings is 1. The number of nitrogens with one attached hydrogen (secondary N) is 2. The van der Waals surface area contributed by atoms with Crippen LogP contribution in [-0.4, -0.2) is 41.9 Å². The average Bonchev–Trinajstić information content (AvgIpc) is 3.13. The Morgan fingerprint density at radius 2 is 2.08 bits per heavy atom. The summed E-state index contributed by atoms with van der Waals surface area (Å²) in [7, 11) is 0. The predicted molar refractivity (Wildman–Crippen MR) is 94.1 cm³/mol. The van der Waals surface area contributed by atoms with Gasteiger partial charge in [-0.05, 0) is 31.2 Å². The Balaban J connectivity index is 1.93. The molecule has 134 valence electrons. The molecule has 1 aromatic rings. The molecule has 1 aliphatic heterocycles. The third-order valence-electron chi connectivity index (χ3n) is 4.17. The van der Waals surface area contributed by atoms with Gasteiger partial charge in [-0.1, -0.05) is 36.3 Å². The molecule has 1 fully saturated rings. The van der Waals surface area contributed by atoms with E-state index in [0.29, 0.717) is 19.4 Å². The Bertz CT molecular complexity index is 606. The van der Waals surface area contributed by atoms with Gasteiger partial charge in [-0.2, -0.15) is 0 Å². The fourth-order valence-electron chi connectivity index (χ4n) is 2.90. The standard InChI is InChI=1S/C19H24N2O4/c1-2-16(17-9-6-12-25-17)21-19(24)20-15(10-11-18(22)23)13-14-7-4-3-5-8-14/h1,3-5,7-8,15-17H,6,9-13H2,(H,22,23)(H2,20,21,24). The summed E-state index contributed by atoms with van der Waals surface area (Å²) in [6.07, 6.45) is 7.98. The van der Waals surface area contributed by atoms with Crippen molar-refractivity contribution in [3.63, 3.8) is 0 Å². The molecule has 0 bridgehead atoms. The molecule has 1 heterocycles. The van der Waals surface area contributed by atoms with Gasteiger partial charge in [0, 0.05) is 19.1 Å². The summed E-state index contributed by atoms with van der Waals surface area (Å²) in [5, 5.41) is 14.5. The summed E-state index contributed by atoms with van der Waals surface area (Å²) < 4.78 is 5.52. The van der Waals surface area contributed by atoms with Gasteiger partial charge in [-0.25, -0.2) is 4.79 Å². The molecule has 3 unspecified atom stereocenters. The lowest BCUT2D eigenvalue weighted by Crippen LogP contribution is -2.50. The van der Waals surface area contributed by atoms with Crippen LogP contribution in [0, 0.1) is 12.3 Å². The summed E-state index contributed by atoms with van der Waals surface area (Å²) >= 11 is 0. The van der Waals surface area contributed by atoms with Gasteiger partial charge in [-0.15, -0.1) is 6.42 Å². The number of carboxylic acid groups (broad SMARTS) is 1. The van der Waals surface area contributed by atoms with Crippen LogP contribution in [0.3, 0.4) is 0 Å². The molecular weight excluding hydrogens is 320 g/mol. The van der Waals surface area contributed by atoms with Crippen LogP contribution in [0.25, 0.3) is 0 Å². The largest absolute Gasteiger partial charge is 0.481 e. The smallest absolute Gasteiger partial charge is 0.316 e. The van der Waals surface area contributed by atoms with Gasteiger partial charge in [0.05, 0.1) is 6.10 Å². The molecule has 1 aromatic carbocycles. The Morgan fingerprint density at radius 3 is 2.68 bits per heavy atom. The summed E-state index contributed by atoms with van der Waals surface area (Å²) in [5.74, 6) is 1.67. The Morgan fingerprint density at radius 1 is 1.32 bits per heavy atom. The van der Waals surface area contributed by atoms with E-state index < -0.39 is 18.0 Å². The van der Waals surface area contributed by atoms with E-state index in [1.165, 1.54) is 0 Å². The zero-order valence-corrected chi connectivity index (χ0v) is 14.1. The molecule has 2 amide bonds. The zero-order valence-electron chi connectivity index (χ0n) is 14.1. The molecule has 25 heavy (non-hydrogen) atoms. The zero-order chi connectivity index (χ0) is 18.1. The minimum Gasteiger partial charge on any atom is -0.481 e. The molecule has 0 aromatic heterocycles. The van der Waals surface area contributed by atoms with Crippen molar-refractivity contribution in [2.75, 3.05) is 6.61 Å². The van der Waals surface area contributed by atoms with Crippen molar-refractivity contribution in [3.05, 3.63) is 35.9 Å². The highest BCUT2D eigenvalue weighted by atomic mass is 16.5. The van der Waals surface area contributed by atoms with E-state index in [0.717, 1.165) is 18.4 Å². The maximum absolute atomic E-state index is 12.3. The fraction of sp³-hybridized carbons (Fsp3) is 0.474. The monoisotopic (exact) mass is 344 g/mol. The first-order chi connectivity index (χ1) is 12.1. The third-order valence-corrected chi connectivity index (χ3v) is 4.17. The minimum atomic E-state index is -0.888. The van der Waals surface area contributed by atoms with Gasteiger partial charge in [-0.3, -0.25) is 4.79 Å². The summed E-state index contributed by atoms with van der Waals surface area (Å²) in [4.78, 5) is 23.2. The van der Waals surface area contributed by atoms with E-state index in [4.69, 9.17) is 16.3 Å². The molecule has 3 atom stereocenters. The van der Waals surface area contributed by atoms with Crippen molar-refractivity contribution in [2.24, 2.45) is 0 Å². The molecule has 3 N–H and O–H groups in total. The lowest BCUT2D eigenvalue weighted by molar-refractivity contribution is -0.137. The number of ether oxygens (including phenoxy) is 1. The van der Waals surface area contributed by atoms with Crippen LogP contribution in [0.2, 0.25) is 0 Å². The van der Waals surface area contributed by atoms with Crippen LogP contribution < -0.4 is 10.6 Å². The molecular formula is C19H24N2O4. The highest BCUT2D eigenvalue weighted by Gasteiger charge is 2.26. The second-order valence-corrected chi connectivity index (χ2v) is 6.13. The van der Waals surface area contributed by atoms with Crippen molar-refractivity contribution in [1.82, 2.24) is 10.6 Å². The summed E-state index contributed by atoms with van der Waals surface area (Å²) in [5.41, 5.74) is 1.03. The van der Waals surface area contributed by atoms with Crippen LogP contribution in [0.5, 0.6) is 0 Å². The Kier molecular flexibility index (Phi) is 7.30. The van der Waals surface area contributed by atoms with Crippen LogP contribution >= 0.6 is 0 Å². The second-order valence-electron chi connectivity index (χ2n) is 6.13. The molecule has 0 saturated carbocycles. The first-order valence-electron chi connectivity index (χ1n) is 8.49.